The molecule has 0 aliphatic carbocycles. The van der Waals surface area contributed by atoms with Crippen molar-refractivity contribution in [2.75, 3.05) is 0 Å². The highest BCUT2D eigenvalue weighted by molar-refractivity contribution is 5.13. The Morgan fingerprint density at radius 3 is 2.20 bits per heavy atom. The minimum atomic E-state index is 0.288. The van der Waals surface area contributed by atoms with Crippen LogP contribution in [0.15, 0.2) is 11.6 Å². The van der Waals surface area contributed by atoms with E-state index in [9.17, 15) is 0 Å². The lowest BCUT2D eigenvalue weighted by Gasteiger charge is -2.23. The van der Waals surface area contributed by atoms with Gasteiger partial charge in [0.1, 0.15) is 0 Å². The standard InChI is InChI=1S/C10H19/c1-6-8-9(3)10(4,5)7-2/h7-8H,6H2,1-5H3. The summed E-state index contributed by atoms with van der Waals surface area (Å²) in [5.74, 6) is 0. The van der Waals surface area contributed by atoms with Gasteiger partial charge in [0.05, 0.1) is 0 Å². The molecule has 10 heavy (non-hydrogen) atoms. The Bertz CT molecular complexity index is 118. The third kappa shape index (κ3) is 2.55. The third-order valence-electron chi connectivity index (χ3n) is 2.25. The Morgan fingerprint density at radius 1 is 1.40 bits per heavy atom. The zero-order chi connectivity index (χ0) is 8.20. The molecule has 0 aliphatic rings. The lowest BCUT2D eigenvalue weighted by molar-refractivity contribution is 0.528. The van der Waals surface area contributed by atoms with E-state index >= 15 is 0 Å². The van der Waals surface area contributed by atoms with Crippen molar-refractivity contribution in [1.82, 2.24) is 0 Å². The third-order valence-corrected chi connectivity index (χ3v) is 2.25. The predicted molar refractivity (Wildman–Crippen MR) is 47.8 cm³/mol. The summed E-state index contributed by atoms with van der Waals surface area (Å²) in [7, 11) is 0. The van der Waals surface area contributed by atoms with Crippen molar-refractivity contribution in [1.29, 1.82) is 0 Å². The van der Waals surface area contributed by atoms with E-state index < -0.39 is 0 Å². The Labute approximate surface area is 65.3 Å². The highest BCUT2D eigenvalue weighted by atomic mass is 14.2. The van der Waals surface area contributed by atoms with Gasteiger partial charge in [-0.05, 0) is 25.2 Å². The van der Waals surface area contributed by atoms with Crippen LogP contribution in [0.1, 0.15) is 41.0 Å². The lowest BCUT2D eigenvalue weighted by Crippen LogP contribution is -2.11. The molecule has 0 saturated heterocycles. The molecule has 59 valence electrons. The molecule has 0 saturated carbocycles. The monoisotopic (exact) mass is 139 g/mol. The van der Waals surface area contributed by atoms with Crippen molar-refractivity contribution in [3.05, 3.63) is 18.1 Å². The van der Waals surface area contributed by atoms with Crippen molar-refractivity contribution < 1.29 is 0 Å². The average molecular weight is 139 g/mol. The molecule has 0 aromatic rings. The molecule has 1 radical (unpaired) electrons. The van der Waals surface area contributed by atoms with Crippen LogP contribution in [0, 0.1) is 11.8 Å². The van der Waals surface area contributed by atoms with Crippen LogP contribution in [-0.2, 0) is 0 Å². The number of rotatable bonds is 3. The Hall–Kier alpha value is -0.260. The van der Waals surface area contributed by atoms with Crippen LogP contribution in [0.5, 0.6) is 0 Å². The summed E-state index contributed by atoms with van der Waals surface area (Å²) in [5.41, 5.74) is 1.76. The first-order valence-electron chi connectivity index (χ1n) is 4.02. The molecule has 0 spiro atoms. The molecule has 0 aromatic carbocycles. The van der Waals surface area contributed by atoms with Gasteiger partial charge in [-0.2, -0.15) is 0 Å². The largest absolute Gasteiger partial charge is 0.0853 e. The first-order valence-corrected chi connectivity index (χ1v) is 4.02. The summed E-state index contributed by atoms with van der Waals surface area (Å²) in [4.78, 5) is 0. The second kappa shape index (κ2) is 3.80. The molecule has 0 aromatic heterocycles. The van der Waals surface area contributed by atoms with E-state index in [0.717, 1.165) is 6.42 Å². The summed E-state index contributed by atoms with van der Waals surface area (Å²) in [5, 5.41) is 0. The highest BCUT2D eigenvalue weighted by Crippen LogP contribution is 2.28. The van der Waals surface area contributed by atoms with E-state index in [1.807, 2.05) is 0 Å². The quantitative estimate of drug-likeness (QED) is 0.524. The van der Waals surface area contributed by atoms with Gasteiger partial charge in [0, 0.05) is 0 Å². The van der Waals surface area contributed by atoms with Gasteiger partial charge in [0.25, 0.3) is 0 Å². The molecule has 0 bridgehead atoms. The lowest BCUT2D eigenvalue weighted by atomic mass is 9.82. The van der Waals surface area contributed by atoms with Gasteiger partial charge < -0.3 is 0 Å². The average Bonchev–Trinajstić information content (AvgIpc) is 1.89. The molecule has 0 unspecified atom stereocenters. The minimum absolute atomic E-state index is 0.288. The summed E-state index contributed by atoms with van der Waals surface area (Å²) >= 11 is 0. The van der Waals surface area contributed by atoms with Crippen molar-refractivity contribution in [2.45, 2.75) is 41.0 Å². The maximum atomic E-state index is 2.29. The molecule has 0 atom stereocenters. The van der Waals surface area contributed by atoms with Crippen LogP contribution in [0.2, 0.25) is 0 Å². The van der Waals surface area contributed by atoms with E-state index in [4.69, 9.17) is 0 Å². The fourth-order valence-corrected chi connectivity index (χ4v) is 0.797. The molecular weight excluding hydrogens is 120 g/mol. The Balaban J connectivity index is 4.17. The molecule has 0 heterocycles. The molecule has 0 fully saturated rings. The molecule has 0 N–H and O–H groups in total. The van der Waals surface area contributed by atoms with Gasteiger partial charge in [-0.25, -0.2) is 0 Å². The first-order chi connectivity index (χ1) is 4.54. The molecule has 0 rings (SSSR count). The van der Waals surface area contributed by atoms with Crippen LogP contribution in [0.4, 0.5) is 0 Å². The maximum absolute atomic E-state index is 2.29. The minimum Gasteiger partial charge on any atom is -0.0853 e. The van der Waals surface area contributed by atoms with Gasteiger partial charge in [-0.3, -0.25) is 0 Å². The Kier molecular flexibility index (Phi) is 3.70. The van der Waals surface area contributed by atoms with Crippen LogP contribution < -0.4 is 0 Å². The van der Waals surface area contributed by atoms with E-state index in [0.29, 0.717) is 0 Å². The van der Waals surface area contributed by atoms with E-state index in [-0.39, 0.29) is 5.41 Å². The van der Waals surface area contributed by atoms with Crippen LogP contribution in [0.3, 0.4) is 0 Å². The fraction of sp³-hybridized carbons (Fsp3) is 0.700. The number of hydrogen-bond donors (Lipinski definition) is 0. The number of allylic oxidation sites excluding steroid dienone is 2. The van der Waals surface area contributed by atoms with Crippen molar-refractivity contribution in [2.24, 2.45) is 5.41 Å². The zero-order valence-electron chi connectivity index (χ0n) is 7.86. The van der Waals surface area contributed by atoms with E-state index in [1.54, 1.807) is 0 Å². The molecular formula is C10H19. The maximum Gasteiger partial charge on any atom is -0.0119 e. The second-order valence-electron chi connectivity index (χ2n) is 3.31. The second-order valence-corrected chi connectivity index (χ2v) is 3.31. The van der Waals surface area contributed by atoms with Crippen molar-refractivity contribution in [3.8, 4) is 0 Å². The van der Waals surface area contributed by atoms with Gasteiger partial charge >= 0.3 is 0 Å². The van der Waals surface area contributed by atoms with Gasteiger partial charge in [-0.15, -0.1) is 0 Å². The highest BCUT2D eigenvalue weighted by Gasteiger charge is 2.16. The van der Waals surface area contributed by atoms with Crippen molar-refractivity contribution in [3.63, 3.8) is 0 Å². The number of hydrogen-bond acceptors (Lipinski definition) is 0. The smallest absolute Gasteiger partial charge is 0.0119 e. The fourth-order valence-electron chi connectivity index (χ4n) is 0.797. The van der Waals surface area contributed by atoms with E-state index in [1.165, 1.54) is 5.57 Å². The van der Waals surface area contributed by atoms with Crippen LogP contribution >= 0.6 is 0 Å². The van der Waals surface area contributed by atoms with Gasteiger partial charge in [0.15, 0.2) is 0 Å². The molecule has 0 aliphatic heterocycles. The SMILES string of the molecule is C[CH]C(C)(C)C(C)=CCC. The topological polar surface area (TPSA) is 0 Å². The van der Waals surface area contributed by atoms with E-state index in [2.05, 4.69) is 47.1 Å². The molecule has 0 heteroatoms. The van der Waals surface area contributed by atoms with Gasteiger partial charge in [0.2, 0.25) is 0 Å². The summed E-state index contributed by atoms with van der Waals surface area (Å²) in [6, 6.07) is 0. The van der Waals surface area contributed by atoms with Crippen LogP contribution in [-0.4, -0.2) is 0 Å². The molecule has 0 nitrogen and oxygen atoms in total. The van der Waals surface area contributed by atoms with Crippen molar-refractivity contribution >= 4 is 0 Å². The Morgan fingerprint density at radius 2 is 1.90 bits per heavy atom. The predicted octanol–water partition coefficient (Wildman–Crippen LogP) is 3.59. The summed E-state index contributed by atoms with van der Waals surface area (Å²) in [6.45, 7) is 11.0. The first kappa shape index (κ1) is 9.74. The molecule has 0 amide bonds. The zero-order valence-corrected chi connectivity index (χ0v) is 7.86. The summed E-state index contributed by atoms with van der Waals surface area (Å²) in [6.07, 6.45) is 5.68. The van der Waals surface area contributed by atoms with Gasteiger partial charge in [-0.1, -0.05) is 39.3 Å². The van der Waals surface area contributed by atoms with Crippen LogP contribution in [0.25, 0.3) is 0 Å². The normalized spacial score (nSPS) is 13.9. The summed E-state index contributed by atoms with van der Waals surface area (Å²) < 4.78 is 0.